The summed E-state index contributed by atoms with van der Waals surface area (Å²) in [6.07, 6.45) is 0. The Bertz CT molecular complexity index is 1490. The lowest BCUT2D eigenvalue weighted by molar-refractivity contribution is 0.503. The zero-order valence-corrected chi connectivity index (χ0v) is 19.6. The van der Waals surface area contributed by atoms with Gasteiger partial charge in [0, 0.05) is 21.8 Å². The molecule has 0 amide bonds. The first-order chi connectivity index (χ1) is 15.8. The van der Waals surface area contributed by atoms with Gasteiger partial charge in [-0.15, -0.1) is 0 Å². The van der Waals surface area contributed by atoms with Gasteiger partial charge >= 0.3 is 0 Å². The molecule has 5 rings (SSSR count). The fourth-order valence-corrected chi connectivity index (χ4v) is 6.69. The third kappa shape index (κ3) is 3.37. The van der Waals surface area contributed by atoms with Gasteiger partial charge in [-0.25, -0.2) is 8.42 Å². The SMILES string of the molecule is O=c1cccc2n1CC(c1ccc(Cl)cc1)(S(=O)(=O)c1ccccc1)N2c1ccc(Cl)cc1. The first-order valence-corrected chi connectivity index (χ1v) is 12.4. The van der Waals surface area contributed by atoms with E-state index in [1.54, 1.807) is 95.9 Å². The molecule has 2 heterocycles. The highest BCUT2D eigenvalue weighted by atomic mass is 35.5. The Morgan fingerprint density at radius 3 is 1.97 bits per heavy atom. The third-order valence-corrected chi connectivity index (χ3v) is 8.70. The lowest BCUT2D eigenvalue weighted by Gasteiger charge is -2.39. The van der Waals surface area contributed by atoms with Crippen LogP contribution in [0.3, 0.4) is 0 Å². The van der Waals surface area contributed by atoms with Crippen molar-refractivity contribution in [3.05, 3.63) is 123 Å². The minimum atomic E-state index is -4.07. The molecule has 0 aliphatic carbocycles. The second-order valence-corrected chi connectivity index (χ2v) is 10.8. The molecule has 0 saturated carbocycles. The highest BCUT2D eigenvalue weighted by Crippen LogP contribution is 2.51. The summed E-state index contributed by atoms with van der Waals surface area (Å²) in [4.78, 5) is 13.1. The lowest BCUT2D eigenvalue weighted by atomic mass is 10.0. The van der Waals surface area contributed by atoms with Gasteiger partial charge in [-0.1, -0.05) is 59.6 Å². The summed E-state index contributed by atoms with van der Waals surface area (Å²) in [6.45, 7) is -0.0938. The topological polar surface area (TPSA) is 59.4 Å². The van der Waals surface area contributed by atoms with Crippen molar-refractivity contribution in [1.82, 2.24) is 4.57 Å². The maximum Gasteiger partial charge on any atom is 0.252 e. The van der Waals surface area contributed by atoms with Crippen molar-refractivity contribution < 1.29 is 8.42 Å². The Balaban J connectivity index is 1.90. The minimum absolute atomic E-state index is 0.0938. The minimum Gasteiger partial charge on any atom is -0.302 e. The van der Waals surface area contributed by atoms with Gasteiger partial charge in [0.25, 0.3) is 5.56 Å². The van der Waals surface area contributed by atoms with Crippen LogP contribution in [0.5, 0.6) is 0 Å². The predicted octanol–water partition coefficient (Wildman–Crippen LogP) is 5.63. The summed E-state index contributed by atoms with van der Waals surface area (Å²) in [5, 5.41) is 1.00. The molecule has 4 aromatic rings. The van der Waals surface area contributed by atoms with Crippen molar-refractivity contribution in [2.75, 3.05) is 4.90 Å². The summed E-state index contributed by atoms with van der Waals surface area (Å²) >= 11 is 12.3. The molecule has 1 unspecified atom stereocenters. The fraction of sp³-hybridized carbons (Fsp3) is 0.0800. The molecule has 3 aromatic carbocycles. The number of aromatic nitrogens is 1. The van der Waals surface area contributed by atoms with Crippen LogP contribution >= 0.6 is 23.2 Å². The standard InChI is InChI=1S/C25H18Cl2N2O3S/c26-19-11-9-18(10-12-19)25(33(31,32)22-5-2-1-3-6-22)17-28-23(7-4-8-24(28)30)29(25)21-15-13-20(27)14-16-21/h1-16H,17H2. The number of hydrogen-bond acceptors (Lipinski definition) is 4. The fourth-order valence-electron chi connectivity index (χ4n) is 4.35. The average molecular weight is 497 g/mol. The smallest absolute Gasteiger partial charge is 0.252 e. The number of benzene rings is 3. The van der Waals surface area contributed by atoms with Crippen LogP contribution in [0.25, 0.3) is 0 Å². The molecule has 1 aromatic heterocycles. The number of sulfone groups is 1. The number of anilines is 2. The van der Waals surface area contributed by atoms with E-state index in [0.717, 1.165) is 0 Å². The van der Waals surface area contributed by atoms with E-state index in [2.05, 4.69) is 0 Å². The Morgan fingerprint density at radius 1 is 0.727 bits per heavy atom. The van der Waals surface area contributed by atoms with Crippen LogP contribution in [0.15, 0.2) is 107 Å². The van der Waals surface area contributed by atoms with Gasteiger partial charge < -0.3 is 4.90 Å². The van der Waals surface area contributed by atoms with E-state index < -0.39 is 14.7 Å². The quantitative estimate of drug-likeness (QED) is 0.367. The van der Waals surface area contributed by atoms with E-state index in [0.29, 0.717) is 27.1 Å². The highest BCUT2D eigenvalue weighted by Gasteiger charge is 2.56. The maximum atomic E-state index is 14.5. The third-order valence-electron chi connectivity index (χ3n) is 5.87. The van der Waals surface area contributed by atoms with Gasteiger partial charge in [-0.05, 0) is 60.2 Å². The van der Waals surface area contributed by atoms with Crippen LogP contribution in [0, 0.1) is 0 Å². The molecule has 0 N–H and O–H groups in total. The van der Waals surface area contributed by atoms with E-state index in [1.807, 2.05) is 0 Å². The van der Waals surface area contributed by atoms with Gasteiger partial charge in [-0.2, -0.15) is 0 Å². The first kappa shape index (κ1) is 21.8. The van der Waals surface area contributed by atoms with Crippen LogP contribution in [-0.2, 0) is 21.3 Å². The number of fused-ring (bicyclic) bond motifs is 1. The van der Waals surface area contributed by atoms with Gasteiger partial charge in [0.1, 0.15) is 5.82 Å². The van der Waals surface area contributed by atoms with Crippen molar-refractivity contribution in [1.29, 1.82) is 0 Å². The van der Waals surface area contributed by atoms with Gasteiger partial charge in [-0.3, -0.25) is 9.36 Å². The summed E-state index contributed by atoms with van der Waals surface area (Å²) in [6, 6.07) is 26.7. The van der Waals surface area contributed by atoms with Crippen LogP contribution in [0.1, 0.15) is 5.56 Å². The number of nitrogens with zero attached hydrogens (tertiary/aromatic N) is 2. The molecular weight excluding hydrogens is 479 g/mol. The maximum absolute atomic E-state index is 14.5. The zero-order valence-electron chi connectivity index (χ0n) is 17.2. The number of pyridine rings is 1. The molecule has 166 valence electrons. The summed E-state index contributed by atoms with van der Waals surface area (Å²) in [5.41, 5.74) is 0.796. The summed E-state index contributed by atoms with van der Waals surface area (Å²) in [5.74, 6) is 0.472. The Hall–Kier alpha value is -3.06. The van der Waals surface area contributed by atoms with Crippen molar-refractivity contribution in [3.63, 3.8) is 0 Å². The van der Waals surface area contributed by atoms with E-state index >= 15 is 0 Å². The molecule has 1 aliphatic rings. The second-order valence-electron chi connectivity index (χ2n) is 7.73. The van der Waals surface area contributed by atoms with E-state index in [4.69, 9.17) is 23.2 Å². The highest BCUT2D eigenvalue weighted by molar-refractivity contribution is 7.92. The molecule has 0 fully saturated rings. The molecule has 0 radical (unpaired) electrons. The first-order valence-electron chi connectivity index (χ1n) is 10.2. The zero-order chi connectivity index (χ0) is 23.2. The monoisotopic (exact) mass is 496 g/mol. The van der Waals surface area contributed by atoms with Gasteiger partial charge in [0.05, 0.1) is 11.4 Å². The van der Waals surface area contributed by atoms with Crippen LogP contribution in [-0.4, -0.2) is 13.0 Å². The molecule has 1 atom stereocenters. The normalized spacial score (nSPS) is 17.7. The lowest BCUT2D eigenvalue weighted by Crippen LogP contribution is -2.48. The van der Waals surface area contributed by atoms with E-state index in [1.165, 1.54) is 10.6 Å². The van der Waals surface area contributed by atoms with Gasteiger partial charge in [0.2, 0.25) is 9.84 Å². The number of rotatable bonds is 4. The largest absolute Gasteiger partial charge is 0.302 e. The van der Waals surface area contributed by atoms with Crippen molar-refractivity contribution in [3.8, 4) is 0 Å². The van der Waals surface area contributed by atoms with Crippen molar-refractivity contribution >= 4 is 44.5 Å². The van der Waals surface area contributed by atoms with Crippen molar-refractivity contribution in [2.45, 2.75) is 16.3 Å². The molecule has 0 saturated heterocycles. The molecule has 8 heteroatoms. The van der Waals surface area contributed by atoms with E-state index in [-0.39, 0.29) is 17.0 Å². The van der Waals surface area contributed by atoms with Crippen LogP contribution in [0.4, 0.5) is 11.5 Å². The molecular formula is C25H18Cl2N2O3S. The Kier molecular flexibility index (Phi) is 5.32. The molecule has 0 spiro atoms. The summed E-state index contributed by atoms with van der Waals surface area (Å²) in [7, 11) is -4.07. The molecule has 0 bridgehead atoms. The Morgan fingerprint density at radius 2 is 1.33 bits per heavy atom. The number of hydrogen-bond donors (Lipinski definition) is 0. The Labute approximate surface area is 201 Å². The second kappa shape index (κ2) is 8.06. The molecule has 1 aliphatic heterocycles. The van der Waals surface area contributed by atoms with Crippen LogP contribution < -0.4 is 10.5 Å². The number of halogens is 2. The van der Waals surface area contributed by atoms with Gasteiger partial charge in [0.15, 0.2) is 4.87 Å². The average Bonchev–Trinajstić information content (AvgIpc) is 3.19. The molecule has 33 heavy (non-hydrogen) atoms. The van der Waals surface area contributed by atoms with E-state index in [9.17, 15) is 13.2 Å². The van der Waals surface area contributed by atoms with Crippen LogP contribution in [0.2, 0.25) is 10.0 Å². The molecule has 5 nitrogen and oxygen atoms in total. The summed E-state index contributed by atoms with van der Waals surface area (Å²) < 4.78 is 30.4. The van der Waals surface area contributed by atoms with Crippen molar-refractivity contribution in [2.24, 2.45) is 0 Å². The predicted molar refractivity (Wildman–Crippen MR) is 131 cm³/mol.